The van der Waals surface area contributed by atoms with Crippen molar-refractivity contribution in [2.24, 2.45) is 10.8 Å². The number of thiophene rings is 1. The quantitative estimate of drug-likeness (QED) is 0.511. The lowest BCUT2D eigenvalue weighted by atomic mass is 9.65. The normalized spacial score (nSPS) is 26.5. The molecule has 3 fully saturated rings. The molecule has 1 aliphatic carbocycles. The number of carbonyl (C=O) groups excluding carboxylic acids is 2. The number of carbonyl (C=O) groups is 2. The van der Waals surface area contributed by atoms with Crippen molar-refractivity contribution >= 4 is 38.2 Å². The topological polar surface area (TPSA) is 90.0 Å². The second-order valence-corrected chi connectivity index (χ2v) is 16.8. The van der Waals surface area contributed by atoms with Gasteiger partial charge in [-0.3, -0.25) is 9.59 Å². The number of hydrogen-bond donors (Lipinski definition) is 1. The van der Waals surface area contributed by atoms with Crippen LogP contribution in [0.25, 0.3) is 0 Å². The fourth-order valence-electron chi connectivity index (χ4n) is 7.88. The average Bonchev–Trinajstić information content (AvgIpc) is 3.40. The van der Waals surface area contributed by atoms with Gasteiger partial charge in [-0.25, -0.2) is 8.42 Å². The number of fused-ring (bicyclic) bond motifs is 3. The van der Waals surface area contributed by atoms with E-state index < -0.39 is 10.0 Å². The molecule has 1 saturated carbocycles. The third-order valence-electron chi connectivity index (χ3n) is 9.42. The molecule has 2 amide bonds. The lowest BCUT2D eigenvalue weighted by Gasteiger charge is -2.39. The molecule has 2 atom stereocenters. The third kappa shape index (κ3) is 5.48. The number of nitrogens with zero attached hydrogens (tertiary/aromatic N) is 3. The Hall–Kier alpha value is -2.27. The maximum Gasteiger partial charge on any atom is 0.257 e. The number of amides is 2. The molecule has 3 aliphatic heterocycles. The number of likely N-dealkylation sites (tertiary alicyclic amines) is 1. The fourth-order valence-corrected chi connectivity index (χ4v) is 11.0. The lowest BCUT2D eigenvalue weighted by molar-refractivity contribution is 0.0724. The van der Waals surface area contributed by atoms with Gasteiger partial charge >= 0.3 is 0 Å². The predicted molar refractivity (Wildman–Crippen MR) is 162 cm³/mol. The van der Waals surface area contributed by atoms with E-state index >= 15 is 0 Å². The largest absolute Gasteiger partial charge is 0.339 e. The molecule has 4 heterocycles. The molecule has 1 aromatic carbocycles. The second kappa shape index (κ2) is 10.5. The smallest absolute Gasteiger partial charge is 0.257 e. The molecule has 41 heavy (non-hydrogen) atoms. The molecule has 10 heteroatoms. The minimum absolute atomic E-state index is 0.00265. The summed E-state index contributed by atoms with van der Waals surface area (Å²) in [5, 5.41) is 3.63. The first-order valence-electron chi connectivity index (χ1n) is 14.9. The molecule has 222 valence electrons. The summed E-state index contributed by atoms with van der Waals surface area (Å²) in [5.74, 6) is -0.323. The number of hydrogen-bond acceptors (Lipinski definition) is 6. The van der Waals surface area contributed by atoms with E-state index in [2.05, 4.69) is 38.0 Å². The Labute approximate surface area is 248 Å². The second-order valence-electron chi connectivity index (χ2n) is 13.8. The SMILES string of the molecule is CN1CCc2c(sc(NC(=O)c3ccc(S(=O)(=O)N4CC5(C)CC4CC(C)(C)C5)cc3)c2C(=O)N2CCCCC2)C1. The Morgan fingerprint density at radius 2 is 1.71 bits per heavy atom. The Bertz CT molecular complexity index is 1460. The van der Waals surface area contributed by atoms with Gasteiger partial charge in [-0.05, 0) is 92.7 Å². The Balaban J connectivity index is 1.23. The van der Waals surface area contributed by atoms with Crippen molar-refractivity contribution < 1.29 is 18.0 Å². The van der Waals surface area contributed by atoms with Crippen molar-refractivity contribution in [3.63, 3.8) is 0 Å². The monoisotopic (exact) mass is 598 g/mol. The van der Waals surface area contributed by atoms with Gasteiger partial charge in [-0.1, -0.05) is 20.8 Å². The standard InChI is InChI=1S/C31H42N4O4S2/c1-30(2)16-22-17-31(3,19-30)20-35(22)41(38,39)23-10-8-21(9-11-23)27(36)32-28-26(29(37)34-13-6-5-7-14-34)24-12-15-33(4)18-25(24)40-28/h8-11,22H,5-7,12-20H2,1-4H3,(H,32,36). The third-order valence-corrected chi connectivity index (χ3v) is 12.5. The first-order valence-corrected chi connectivity index (χ1v) is 17.2. The van der Waals surface area contributed by atoms with Crippen molar-refractivity contribution in [3.8, 4) is 0 Å². The Morgan fingerprint density at radius 3 is 2.41 bits per heavy atom. The molecule has 8 nitrogen and oxygen atoms in total. The van der Waals surface area contributed by atoms with Crippen LogP contribution in [0.5, 0.6) is 0 Å². The Morgan fingerprint density at radius 1 is 1.00 bits per heavy atom. The maximum absolute atomic E-state index is 13.7. The van der Waals surface area contributed by atoms with Gasteiger partial charge in [-0.2, -0.15) is 4.31 Å². The van der Waals surface area contributed by atoms with E-state index in [1.54, 1.807) is 28.6 Å². The highest BCUT2D eigenvalue weighted by molar-refractivity contribution is 7.89. The van der Waals surface area contributed by atoms with Crippen LogP contribution in [0.3, 0.4) is 0 Å². The number of nitrogens with one attached hydrogen (secondary N) is 1. The van der Waals surface area contributed by atoms with E-state index in [0.29, 0.717) is 22.7 Å². The van der Waals surface area contributed by atoms with Crippen molar-refractivity contribution in [2.75, 3.05) is 38.5 Å². The molecule has 1 aromatic heterocycles. The minimum atomic E-state index is -3.67. The zero-order valence-electron chi connectivity index (χ0n) is 24.7. The van der Waals surface area contributed by atoms with Crippen LogP contribution in [0.2, 0.25) is 0 Å². The molecule has 0 radical (unpaired) electrons. The molecule has 2 bridgehead atoms. The summed E-state index contributed by atoms with van der Waals surface area (Å²) in [4.78, 5) is 32.6. The maximum atomic E-state index is 13.7. The van der Waals surface area contributed by atoms with Gasteiger partial charge < -0.3 is 15.1 Å². The minimum Gasteiger partial charge on any atom is -0.339 e. The molecule has 2 aromatic rings. The number of benzene rings is 1. The number of piperidine rings is 1. The number of anilines is 1. The summed E-state index contributed by atoms with van der Waals surface area (Å²) in [5.41, 5.74) is 2.20. The molecule has 1 N–H and O–H groups in total. The molecule has 2 saturated heterocycles. The van der Waals surface area contributed by atoms with Crippen molar-refractivity contribution in [3.05, 3.63) is 45.8 Å². The fraction of sp³-hybridized carbons (Fsp3) is 0.613. The van der Waals surface area contributed by atoms with Gasteiger partial charge in [-0.15, -0.1) is 11.3 Å². The highest BCUT2D eigenvalue weighted by Gasteiger charge is 2.53. The first kappa shape index (κ1) is 28.8. The van der Waals surface area contributed by atoms with Crippen LogP contribution < -0.4 is 5.32 Å². The number of rotatable bonds is 5. The molecular formula is C31H42N4O4S2. The summed E-state index contributed by atoms with van der Waals surface area (Å²) in [6.07, 6.45) is 6.72. The predicted octanol–water partition coefficient (Wildman–Crippen LogP) is 5.20. The highest BCUT2D eigenvalue weighted by atomic mass is 32.2. The van der Waals surface area contributed by atoms with Gasteiger partial charge in [0.05, 0.1) is 10.5 Å². The van der Waals surface area contributed by atoms with Crippen LogP contribution in [0.15, 0.2) is 29.2 Å². The molecule has 6 rings (SSSR count). The highest BCUT2D eigenvalue weighted by Crippen LogP contribution is 2.53. The molecular weight excluding hydrogens is 556 g/mol. The van der Waals surface area contributed by atoms with Crippen LogP contribution in [0.4, 0.5) is 5.00 Å². The molecule has 2 unspecified atom stereocenters. The van der Waals surface area contributed by atoms with Gasteiger partial charge in [0.2, 0.25) is 10.0 Å². The van der Waals surface area contributed by atoms with E-state index in [9.17, 15) is 18.0 Å². The summed E-state index contributed by atoms with van der Waals surface area (Å²) in [6, 6.07) is 6.28. The van der Waals surface area contributed by atoms with Crippen LogP contribution in [-0.4, -0.2) is 73.6 Å². The summed E-state index contributed by atoms with van der Waals surface area (Å²) < 4.78 is 29.1. The van der Waals surface area contributed by atoms with Gasteiger partial charge in [0, 0.05) is 49.2 Å². The van der Waals surface area contributed by atoms with Gasteiger partial charge in [0.25, 0.3) is 11.8 Å². The zero-order valence-corrected chi connectivity index (χ0v) is 26.3. The van der Waals surface area contributed by atoms with Crippen molar-refractivity contribution in [1.29, 1.82) is 0 Å². The number of likely N-dealkylation sites (N-methyl/N-ethyl adjacent to an activating group) is 1. The van der Waals surface area contributed by atoms with Gasteiger partial charge in [0.15, 0.2) is 0 Å². The first-order chi connectivity index (χ1) is 19.4. The average molecular weight is 599 g/mol. The lowest BCUT2D eigenvalue weighted by Crippen LogP contribution is -2.37. The Kier molecular flexibility index (Phi) is 7.36. The zero-order chi connectivity index (χ0) is 29.2. The molecule has 4 aliphatic rings. The van der Waals surface area contributed by atoms with Crippen molar-refractivity contribution in [2.45, 2.75) is 83.2 Å². The number of sulfonamides is 1. The summed E-state index contributed by atoms with van der Waals surface area (Å²) in [6.45, 7) is 10.3. The van der Waals surface area contributed by atoms with Gasteiger partial charge in [0.1, 0.15) is 5.00 Å². The van der Waals surface area contributed by atoms with E-state index in [4.69, 9.17) is 0 Å². The summed E-state index contributed by atoms with van der Waals surface area (Å²) >= 11 is 1.49. The van der Waals surface area contributed by atoms with Crippen LogP contribution in [-0.2, 0) is 23.0 Å². The van der Waals surface area contributed by atoms with Crippen LogP contribution in [0, 0.1) is 10.8 Å². The molecule has 0 spiro atoms. The van der Waals surface area contributed by atoms with Crippen LogP contribution >= 0.6 is 11.3 Å². The van der Waals surface area contributed by atoms with E-state index in [1.165, 1.54) is 11.3 Å². The van der Waals surface area contributed by atoms with E-state index in [-0.39, 0.29) is 33.6 Å². The van der Waals surface area contributed by atoms with Crippen molar-refractivity contribution in [1.82, 2.24) is 14.1 Å². The summed E-state index contributed by atoms with van der Waals surface area (Å²) in [7, 11) is -1.60. The van der Waals surface area contributed by atoms with E-state index in [1.807, 2.05) is 4.90 Å². The van der Waals surface area contributed by atoms with Crippen LogP contribution in [0.1, 0.15) is 90.5 Å². The van der Waals surface area contributed by atoms with E-state index in [0.717, 1.165) is 81.6 Å².